The molecule has 1 saturated heterocycles. The van der Waals surface area contributed by atoms with Crippen LogP contribution in [0, 0.1) is 5.92 Å². The number of rotatable bonds is 2. The number of nitrogens with zero attached hydrogens (tertiary/aromatic N) is 6. The Morgan fingerprint density at radius 2 is 2.08 bits per heavy atom. The molecule has 126 valence electrons. The van der Waals surface area contributed by atoms with E-state index < -0.39 is 0 Å². The Bertz CT molecular complexity index is 1020. The number of imidazole rings is 1. The van der Waals surface area contributed by atoms with Gasteiger partial charge in [-0.05, 0) is 24.5 Å². The fourth-order valence-corrected chi connectivity index (χ4v) is 3.85. The van der Waals surface area contributed by atoms with Gasteiger partial charge in [0.2, 0.25) is 0 Å². The largest absolute Gasteiger partial charge is 0.356 e. The quantitative estimate of drug-likeness (QED) is 0.610. The molecule has 7 nitrogen and oxygen atoms in total. The number of aromatic nitrogens is 6. The number of fused-ring (bicyclic) bond motifs is 3. The van der Waals surface area contributed by atoms with Gasteiger partial charge in [-0.2, -0.15) is 0 Å². The molecule has 2 atom stereocenters. The lowest BCUT2D eigenvalue weighted by atomic mass is 9.86. The second-order valence-electron chi connectivity index (χ2n) is 6.73. The third-order valence-electron chi connectivity index (χ3n) is 5.27. The molecule has 0 spiro atoms. The summed E-state index contributed by atoms with van der Waals surface area (Å²) in [6, 6.07) is 4.04. The summed E-state index contributed by atoms with van der Waals surface area (Å²) < 4.78 is 2.24. The van der Waals surface area contributed by atoms with Gasteiger partial charge < -0.3 is 9.88 Å². The molecule has 1 fully saturated rings. The average molecular weight is 333 g/mol. The first kappa shape index (κ1) is 14.4. The van der Waals surface area contributed by atoms with E-state index in [1.165, 1.54) is 0 Å². The van der Waals surface area contributed by atoms with Gasteiger partial charge >= 0.3 is 0 Å². The number of hydrogen-bond acceptors (Lipinski definition) is 5. The Morgan fingerprint density at radius 1 is 1.16 bits per heavy atom. The molecule has 4 aromatic heterocycles. The predicted molar refractivity (Wildman–Crippen MR) is 95.6 cm³/mol. The van der Waals surface area contributed by atoms with Crippen LogP contribution in [0.25, 0.3) is 16.7 Å². The summed E-state index contributed by atoms with van der Waals surface area (Å²) >= 11 is 0. The van der Waals surface area contributed by atoms with E-state index in [0.29, 0.717) is 11.8 Å². The molecule has 4 aromatic rings. The van der Waals surface area contributed by atoms with Gasteiger partial charge in [-0.3, -0.25) is 4.40 Å². The maximum Gasteiger partial charge on any atom is 0.154 e. The van der Waals surface area contributed by atoms with Gasteiger partial charge in [0.15, 0.2) is 5.65 Å². The highest BCUT2D eigenvalue weighted by atomic mass is 15.2. The molecule has 0 amide bonds. The molecule has 0 saturated carbocycles. The molecule has 0 radical (unpaired) electrons. The highest BCUT2D eigenvalue weighted by Gasteiger charge is 2.31. The van der Waals surface area contributed by atoms with Crippen LogP contribution in [-0.4, -0.2) is 42.4 Å². The second-order valence-corrected chi connectivity index (χ2v) is 6.73. The number of H-pyrrole nitrogens is 1. The first-order valence-corrected chi connectivity index (χ1v) is 8.61. The lowest BCUT2D eigenvalue weighted by Gasteiger charge is -2.37. The molecule has 0 unspecified atom stereocenters. The zero-order valence-corrected chi connectivity index (χ0v) is 14.0. The van der Waals surface area contributed by atoms with E-state index in [4.69, 9.17) is 4.98 Å². The van der Waals surface area contributed by atoms with Crippen molar-refractivity contribution >= 4 is 22.5 Å². The van der Waals surface area contributed by atoms with Crippen LogP contribution in [0.3, 0.4) is 0 Å². The van der Waals surface area contributed by atoms with Crippen molar-refractivity contribution in [2.75, 3.05) is 18.0 Å². The maximum absolute atomic E-state index is 4.78. The van der Waals surface area contributed by atoms with Crippen LogP contribution in [0.4, 0.5) is 5.82 Å². The first-order valence-electron chi connectivity index (χ1n) is 8.61. The van der Waals surface area contributed by atoms with Crippen molar-refractivity contribution in [1.29, 1.82) is 0 Å². The lowest BCUT2D eigenvalue weighted by molar-refractivity contribution is 0.366. The Labute approximate surface area is 144 Å². The number of hydrogen-bond donors (Lipinski definition) is 1. The lowest BCUT2D eigenvalue weighted by Crippen LogP contribution is -2.39. The fraction of sp³-hybridized carbons (Fsp3) is 0.333. The molecular weight excluding hydrogens is 314 g/mol. The molecule has 1 N–H and O–H groups in total. The van der Waals surface area contributed by atoms with E-state index in [-0.39, 0.29) is 0 Å². The van der Waals surface area contributed by atoms with Crippen LogP contribution in [0.5, 0.6) is 0 Å². The van der Waals surface area contributed by atoms with Gasteiger partial charge in [-0.1, -0.05) is 6.92 Å². The minimum Gasteiger partial charge on any atom is -0.356 e. The third-order valence-corrected chi connectivity index (χ3v) is 5.27. The molecule has 0 bridgehead atoms. The van der Waals surface area contributed by atoms with Crippen LogP contribution in [0.1, 0.15) is 25.1 Å². The van der Waals surface area contributed by atoms with Gasteiger partial charge in [-0.15, -0.1) is 0 Å². The molecular formula is C18H19N7. The average Bonchev–Trinajstić information content (AvgIpc) is 3.29. The van der Waals surface area contributed by atoms with Crippen molar-refractivity contribution in [3.8, 4) is 0 Å². The Morgan fingerprint density at radius 3 is 2.96 bits per heavy atom. The minimum atomic E-state index is 0.340. The number of nitrogens with one attached hydrogen (secondary N) is 1. The zero-order valence-electron chi connectivity index (χ0n) is 14.0. The van der Waals surface area contributed by atoms with Crippen molar-refractivity contribution in [3.63, 3.8) is 0 Å². The Balaban J connectivity index is 1.59. The Hall–Kier alpha value is -2.96. The van der Waals surface area contributed by atoms with Crippen LogP contribution >= 0.6 is 0 Å². The van der Waals surface area contributed by atoms with Gasteiger partial charge in [0.05, 0.1) is 23.4 Å². The fourth-order valence-electron chi connectivity index (χ4n) is 3.85. The van der Waals surface area contributed by atoms with Gasteiger partial charge in [0, 0.05) is 31.4 Å². The summed E-state index contributed by atoms with van der Waals surface area (Å²) in [5.74, 6) is 2.99. The van der Waals surface area contributed by atoms with E-state index in [2.05, 4.69) is 42.2 Å². The van der Waals surface area contributed by atoms with Crippen LogP contribution in [0.2, 0.25) is 0 Å². The molecule has 25 heavy (non-hydrogen) atoms. The van der Waals surface area contributed by atoms with Gasteiger partial charge in [0.25, 0.3) is 0 Å². The minimum absolute atomic E-state index is 0.340. The van der Waals surface area contributed by atoms with E-state index in [1.807, 2.05) is 24.7 Å². The van der Waals surface area contributed by atoms with Crippen LogP contribution in [-0.2, 0) is 0 Å². The molecule has 0 aliphatic carbocycles. The maximum atomic E-state index is 4.78. The summed E-state index contributed by atoms with van der Waals surface area (Å²) in [5, 5.41) is 0. The van der Waals surface area contributed by atoms with Crippen molar-refractivity contribution in [2.24, 2.45) is 5.92 Å². The molecule has 1 aliphatic heterocycles. The summed E-state index contributed by atoms with van der Waals surface area (Å²) in [4.78, 5) is 23.2. The van der Waals surface area contributed by atoms with E-state index >= 15 is 0 Å². The van der Waals surface area contributed by atoms with E-state index in [1.54, 1.807) is 12.5 Å². The number of piperidine rings is 1. The molecule has 0 aromatic carbocycles. The predicted octanol–water partition coefficient (Wildman–Crippen LogP) is 2.63. The smallest absolute Gasteiger partial charge is 0.154 e. The SMILES string of the molecule is C[C@@H]1CCN(c2ccncn2)C[C@@H]1c1ncc2cnc3[nH]ccc3n12. The van der Waals surface area contributed by atoms with Crippen molar-refractivity contribution in [2.45, 2.75) is 19.3 Å². The topological polar surface area (TPSA) is 75.0 Å². The number of anilines is 1. The van der Waals surface area contributed by atoms with E-state index in [0.717, 1.165) is 47.8 Å². The van der Waals surface area contributed by atoms with Crippen molar-refractivity contribution in [3.05, 3.63) is 49.1 Å². The molecule has 1 aliphatic rings. The van der Waals surface area contributed by atoms with Crippen molar-refractivity contribution in [1.82, 2.24) is 29.3 Å². The summed E-state index contributed by atoms with van der Waals surface area (Å²) in [7, 11) is 0. The highest BCUT2D eigenvalue weighted by molar-refractivity contribution is 5.75. The first-order chi connectivity index (χ1) is 12.3. The van der Waals surface area contributed by atoms with E-state index in [9.17, 15) is 0 Å². The van der Waals surface area contributed by atoms with Crippen LogP contribution < -0.4 is 4.90 Å². The normalized spacial score (nSPS) is 21.2. The summed E-state index contributed by atoms with van der Waals surface area (Å²) in [6.07, 6.45) is 10.3. The molecule has 7 heteroatoms. The summed E-state index contributed by atoms with van der Waals surface area (Å²) in [6.45, 7) is 4.24. The molecule has 5 rings (SSSR count). The summed E-state index contributed by atoms with van der Waals surface area (Å²) in [5.41, 5.74) is 3.01. The third kappa shape index (κ3) is 2.26. The van der Waals surface area contributed by atoms with Crippen molar-refractivity contribution < 1.29 is 0 Å². The highest BCUT2D eigenvalue weighted by Crippen LogP contribution is 2.34. The molecule has 5 heterocycles. The monoisotopic (exact) mass is 333 g/mol. The standard InChI is InChI=1S/C18H19N7/c1-12-4-7-24(16-3-5-19-11-23-16)10-14(12)18-22-9-13-8-21-17-15(25(13)18)2-6-20-17/h2-3,5-6,8-9,11-12,14,20H,4,7,10H2,1H3/t12-,14+/m1/s1. The zero-order chi connectivity index (χ0) is 16.8. The van der Waals surface area contributed by atoms with Gasteiger partial charge in [0.1, 0.15) is 18.0 Å². The Kier molecular flexibility index (Phi) is 3.19. The number of aromatic amines is 1. The second kappa shape index (κ2) is 5.54. The van der Waals surface area contributed by atoms with Crippen LogP contribution in [0.15, 0.2) is 43.2 Å². The van der Waals surface area contributed by atoms with Gasteiger partial charge in [-0.25, -0.2) is 19.9 Å².